The molecule has 0 heterocycles. The van der Waals surface area contributed by atoms with Gasteiger partial charge in [0.2, 0.25) is 15.6 Å². The Bertz CT molecular complexity index is 676. The van der Waals surface area contributed by atoms with E-state index >= 15 is 0 Å². The van der Waals surface area contributed by atoms with Crippen molar-refractivity contribution >= 4 is 16.0 Å². The van der Waals surface area contributed by atoms with Crippen molar-refractivity contribution in [2.24, 2.45) is 0 Å². The van der Waals surface area contributed by atoms with Crippen molar-refractivity contribution in [3.05, 3.63) is 29.8 Å². The number of sulfonamides is 1. The summed E-state index contributed by atoms with van der Waals surface area (Å²) in [4.78, 5) is 12.1. The number of rotatable bonds is 6. The van der Waals surface area contributed by atoms with Crippen molar-refractivity contribution in [1.29, 1.82) is 0 Å². The van der Waals surface area contributed by atoms with Crippen LogP contribution in [0.3, 0.4) is 0 Å². The van der Waals surface area contributed by atoms with Gasteiger partial charge in [-0.15, -0.1) is 0 Å². The van der Waals surface area contributed by atoms with Crippen molar-refractivity contribution in [1.82, 2.24) is 4.72 Å². The first-order valence-corrected chi connectivity index (χ1v) is 8.96. The second-order valence-corrected chi connectivity index (χ2v) is 8.51. The van der Waals surface area contributed by atoms with Crippen molar-refractivity contribution < 1.29 is 28.2 Å². The third-order valence-electron chi connectivity index (χ3n) is 3.31. The van der Waals surface area contributed by atoms with Crippen LogP contribution >= 0.6 is 0 Å². The van der Waals surface area contributed by atoms with Crippen LogP contribution in [0.2, 0.25) is 0 Å². The highest BCUT2D eigenvalue weighted by Crippen LogP contribution is 2.19. The second kappa shape index (κ2) is 7.18. The summed E-state index contributed by atoms with van der Waals surface area (Å²) in [5.74, 6) is -1.10. The summed E-state index contributed by atoms with van der Waals surface area (Å²) in [5, 5.41) is 20.2. The summed E-state index contributed by atoms with van der Waals surface area (Å²) in [6.07, 6.45) is -1.53. The minimum absolute atomic E-state index is 0.00904. The van der Waals surface area contributed by atoms with Crippen molar-refractivity contribution in [3.63, 3.8) is 0 Å². The van der Waals surface area contributed by atoms with Gasteiger partial charge in [-0.2, -0.15) is 0 Å². The Kier molecular flexibility index (Phi) is 6.15. The fourth-order valence-corrected chi connectivity index (χ4v) is 2.83. The number of ether oxygens (including phenoxy) is 1. The molecular formula is C16H25NO6S. The molecule has 0 spiro atoms. The topological polar surface area (TPSA) is 113 Å². The lowest BCUT2D eigenvalue weighted by molar-refractivity contribution is -0.186. The van der Waals surface area contributed by atoms with Gasteiger partial charge in [0.1, 0.15) is 5.60 Å². The number of hydrogen-bond acceptors (Lipinski definition) is 6. The van der Waals surface area contributed by atoms with Crippen LogP contribution in [0.4, 0.5) is 0 Å². The number of aliphatic hydroxyl groups is 2. The summed E-state index contributed by atoms with van der Waals surface area (Å²) >= 11 is 0. The number of aryl methyl sites for hydroxylation is 1. The molecule has 0 aliphatic carbocycles. The molecule has 0 saturated carbocycles. The summed E-state index contributed by atoms with van der Waals surface area (Å²) in [6, 6.07) is 6.08. The highest BCUT2D eigenvalue weighted by atomic mass is 32.2. The van der Waals surface area contributed by atoms with Crippen molar-refractivity contribution in [2.75, 3.05) is 6.54 Å². The largest absolute Gasteiger partial charge is 0.458 e. The van der Waals surface area contributed by atoms with Gasteiger partial charge in [0.15, 0.2) is 0 Å². The lowest BCUT2D eigenvalue weighted by atomic mass is 9.98. The highest BCUT2D eigenvalue weighted by Gasteiger charge is 2.45. The van der Waals surface area contributed by atoms with Crippen LogP contribution in [0.5, 0.6) is 0 Å². The number of nitrogens with one attached hydrogen (secondary N) is 1. The quantitative estimate of drug-likeness (QED) is 0.645. The third-order valence-corrected chi connectivity index (χ3v) is 4.72. The molecule has 24 heavy (non-hydrogen) atoms. The molecule has 7 nitrogen and oxygen atoms in total. The Balaban J connectivity index is 2.97. The number of benzene rings is 1. The number of aliphatic hydroxyl groups excluding tert-OH is 1. The Labute approximate surface area is 142 Å². The molecule has 1 aromatic rings. The van der Waals surface area contributed by atoms with Crippen LogP contribution in [0, 0.1) is 6.92 Å². The Morgan fingerprint density at radius 2 is 1.75 bits per heavy atom. The third kappa shape index (κ3) is 5.27. The summed E-state index contributed by atoms with van der Waals surface area (Å²) in [6.45, 7) is 7.09. The van der Waals surface area contributed by atoms with Crippen LogP contribution in [-0.2, 0) is 19.6 Å². The second-order valence-electron chi connectivity index (χ2n) is 6.74. The molecule has 3 N–H and O–H groups in total. The fourth-order valence-electron chi connectivity index (χ4n) is 1.76. The van der Waals surface area contributed by atoms with Crippen molar-refractivity contribution in [3.8, 4) is 0 Å². The number of esters is 1. The number of carbonyl (C=O) groups excluding carboxylic acids is 1. The monoisotopic (exact) mass is 359 g/mol. The predicted octanol–water partition coefficient (Wildman–Crippen LogP) is 0.727. The van der Waals surface area contributed by atoms with Gasteiger partial charge in [0.05, 0.1) is 17.5 Å². The van der Waals surface area contributed by atoms with Gasteiger partial charge in [-0.25, -0.2) is 17.9 Å². The zero-order chi connectivity index (χ0) is 18.8. The molecule has 1 rings (SSSR count). The minimum Gasteiger partial charge on any atom is -0.458 e. The highest BCUT2D eigenvalue weighted by molar-refractivity contribution is 7.89. The molecular weight excluding hydrogens is 334 g/mol. The first kappa shape index (κ1) is 20.6. The van der Waals surface area contributed by atoms with Crippen molar-refractivity contribution in [2.45, 2.75) is 56.8 Å². The molecule has 0 aromatic heterocycles. The number of carbonyl (C=O) groups is 1. The average molecular weight is 359 g/mol. The molecule has 0 bridgehead atoms. The molecule has 1 aromatic carbocycles. The maximum Gasteiger partial charge on any atom is 0.342 e. The first-order chi connectivity index (χ1) is 10.8. The fraction of sp³-hybridized carbons (Fsp3) is 0.562. The van der Waals surface area contributed by atoms with Crippen LogP contribution in [-0.4, -0.2) is 48.5 Å². The smallest absolute Gasteiger partial charge is 0.342 e. The summed E-state index contributed by atoms with van der Waals surface area (Å²) < 4.78 is 31.7. The molecule has 0 aliphatic heterocycles. The summed E-state index contributed by atoms with van der Waals surface area (Å²) in [7, 11) is -3.95. The maximum absolute atomic E-state index is 12.3. The van der Waals surface area contributed by atoms with E-state index in [4.69, 9.17) is 4.74 Å². The van der Waals surface area contributed by atoms with E-state index in [1.165, 1.54) is 19.1 Å². The van der Waals surface area contributed by atoms with Crippen LogP contribution in [0.1, 0.15) is 33.3 Å². The summed E-state index contributed by atoms with van der Waals surface area (Å²) in [5.41, 5.74) is -2.40. The molecule has 0 aliphatic rings. The standard InChI is InChI=1S/C16H25NO6S/c1-11-6-8-13(9-7-11)24(21,22)17-10-16(20,12(2)18)14(19)23-15(3,4)5/h6-9,12,17-18,20H,10H2,1-5H3/t12-,16+/m0/s1. The molecule has 136 valence electrons. The predicted molar refractivity (Wildman–Crippen MR) is 88.8 cm³/mol. The van der Waals surface area contributed by atoms with Gasteiger partial charge < -0.3 is 14.9 Å². The van der Waals surface area contributed by atoms with Crippen LogP contribution < -0.4 is 4.72 Å². The van der Waals surface area contributed by atoms with Gasteiger partial charge in [-0.05, 0) is 46.8 Å². The van der Waals surface area contributed by atoms with E-state index in [0.29, 0.717) is 0 Å². The average Bonchev–Trinajstić information content (AvgIpc) is 2.43. The Hall–Kier alpha value is -1.48. The SMILES string of the molecule is Cc1ccc(S(=O)(=O)NC[C@](O)(C(=O)OC(C)(C)C)[C@H](C)O)cc1. The van der Waals surface area contributed by atoms with Gasteiger partial charge in [0, 0.05) is 0 Å². The van der Waals surface area contributed by atoms with Crippen LogP contribution in [0.25, 0.3) is 0 Å². The molecule has 0 amide bonds. The normalized spacial score (nSPS) is 16.3. The first-order valence-electron chi connectivity index (χ1n) is 7.48. The van der Waals surface area contributed by atoms with E-state index in [1.807, 2.05) is 6.92 Å². The Morgan fingerprint density at radius 3 is 2.17 bits per heavy atom. The lowest BCUT2D eigenvalue weighted by Gasteiger charge is -2.32. The maximum atomic E-state index is 12.3. The molecule has 0 saturated heterocycles. The van der Waals surface area contributed by atoms with Gasteiger partial charge >= 0.3 is 5.97 Å². The van der Waals surface area contributed by atoms with E-state index in [1.54, 1.807) is 32.9 Å². The molecule has 8 heteroatoms. The minimum atomic E-state index is -3.95. The van der Waals surface area contributed by atoms with Gasteiger partial charge in [-0.3, -0.25) is 0 Å². The van der Waals surface area contributed by atoms with Crippen LogP contribution in [0.15, 0.2) is 29.2 Å². The van der Waals surface area contributed by atoms with E-state index in [-0.39, 0.29) is 4.90 Å². The molecule has 0 fully saturated rings. The van der Waals surface area contributed by atoms with Gasteiger partial charge in [-0.1, -0.05) is 17.7 Å². The van der Waals surface area contributed by atoms with Gasteiger partial charge in [0.25, 0.3) is 0 Å². The number of hydrogen-bond donors (Lipinski definition) is 3. The van der Waals surface area contributed by atoms with E-state index in [2.05, 4.69) is 4.72 Å². The molecule has 0 radical (unpaired) electrons. The zero-order valence-corrected chi connectivity index (χ0v) is 15.3. The Morgan fingerprint density at radius 1 is 1.25 bits per heavy atom. The molecule has 2 atom stereocenters. The zero-order valence-electron chi connectivity index (χ0n) is 14.5. The van der Waals surface area contributed by atoms with E-state index < -0.39 is 39.8 Å². The van der Waals surface area contributed by atoms with E-state index in [9.17, 15) is 23.4 Å². The molecule has 0 unspecified atom stereocenters. The lowest BCUT2D eigenvalue weighted by Crippen LogP contribution is -2.57. The van der Waals surface area contributed by atoms with E-state index in [0.717, 1.165) is 5.56 Å².